The summed E-state index contributed by atoms with van der Waals surface area (Å²) in [4.78, 5) is 29.5. The lowest BCUT2D eigenvalue weighted by atomic mass is 9.95. The summed E-state index contributed by atoms with van der Waals surface area (Å²) in [6.07, 6.45) is -4.33. The average Bonchev–Trinajstić information content (AvgIpc) is 2.66. The van der Waals surface area contributed by atoms with Crippen LogP contribution in [-0.4, -0.2) is 30.4 Å². The Morgan fingerprint density at radius 3 is 1.94 bits per heavy atom. The number of nitrogens with zero attached hydrogens (tertiary/aromatic N) is 1. The number of hydrogen-bond donors (Lipinski definition) is 0. The highest BCUT2D eigenvalue weighted by Crippen LogP contribution is 2.37. The van der Waals surface area contributed by atoms with Crippen molar-refractivity contribution in [2.75, 3.05) is 0 Å². The van der Waals surface area contributed by atoms with Crippen LogP contribution >= 0.6 is 0 Å². The monoisotopic (exact) mass is 435 g/mol. The summed E-state index contributed by atoms with van der Waals surface area (Å²) < 4.78 is 50.2. The molecule has 8 heteroatoms. The Kier molecular flexibility index (Phi) is 7.96. The molecule has 0 aromatic heterocycles. The molecule has 166 valence electrons. The largest absolute Gasteiger partial charge is 0.462 e. The molecule has 0 amide bonds. The van der Waals surface area contributed by atoms with Gasteiger partial charge < -0.3 is 9.47 Å². The first-order valence-corrected chi connectivity index (χ1v) is 9.70. The number of aliphatic imine (C=N–C) groups is 1. The van der Waals surface area contributed by atoms with Gasteiger partial charge in [0.2, 0.25) is 0 Å². The van der Waals surface area contributed by atoms with Gasteiger partial charge in [-0.3, -0.25) is 14.6 Å². The molecule has 31 heavy (non-hydrogen) atoms. The highest BCUT2D eigenvalue weighted by Gasteiger charge is 2.37. The third-order valence-electron chi connectivity index (χ3n) is 4.00. The molecular weight excluding hydrogens is 411 g/mol. The van der Waals surface area contributed by atoms with Crippen LogP contribution in [0.5, 0.6) is 0 Å². The van der Waals surface area contributed by atoms with Crippen molar-refractivity contribution < 1.29 is 32.2 Å². The van der Waals surface area contributed by atoms with E-state index in [1.165, 1.54) is 6.21 Å². The molecule has 0 N–H and O–H groups in total. The first-order chi connectivity index (χ1) is 14.5. The van der Waals surface area contributed by atoms with Gasteiger partial charge in [-0.1, -0.05) is 36.4 Å². The predicted octanol–water partition coefficient (Wildman–Crippen LogP) is 5.44. The Bertz CT molecular complexity index is 916. The molecule has 0 fully saturated rings. The molecule has 0 aliphatic rings. The van der Waals surface area contributed by atoms with E-state index in [9.17, 15) is 22.8 Å². The van der Waals surface area contributed by atoms with Crippen LogP contribution in [0.4, 0.5) is 18.9 Å². The van der Waals surface area contributed by atoms with Gasteiger partial charge in [-0.15, -0.1) is 0 Å². The molecule has 0 atom stereocenters. The Morgan fingerprint density at radius 2 is 1.45 bits per heavy atom. The van der Waals surface area contributed by atoms with Gasteiger partial charge in [-0.2, -0.15) is 13.2 Å². The van der Waals surface area contributed by atoms with E-state index >= 15 is 0 Å². The summed E-state index contributed by atoms with van der Waals surface area (Å²) in [7, 11) is 0. The first kappa shape index (κ1) is 24.1. The number of carbonyl (C=O) groups excluding carboxylic acids is 2. The molecule has 2 aromatic rings. The Hall–Kier alpha value is -3.16. The molecule has 0 bridgehead atoms. The molecule has 0 radical (unpaired) electrons. The number of ether oxygens (including phenoxy) is 2. The van der Waals surface area contributed by atoms with Crippen molar-refractivity contribution in [3.63, 3.8) is 0 Å². The lowest BCUT2D eigenvalue weighted by Gasteiger charge is -2.20. The fourth-order valence-corrected chi connectivity index (χ4v) is 2.71. The van der Waals surface area contributed by atoms with E-state index in [0.29, 0.717) is 5.56 Å². The molecule has 0 aliphatic carbocycles. The first-order valence-electron chi connectivity index (χ1n) is 9.70. The summed E-state index contributed by atoms with van der Waals surface area (Å²) >= 11 is 0. The number of carbonyl (C=O) groups is 2. The normalized spacial score (nSPS) is 12.1. The van der Waals surface area contributed by atoms with E-state index < -0.39 is 41.8 Å². The molecule has 0 unspecified atom stereocenters. The van der Waals surface area contributed by atoms with Crippen LogP contribution in [0, 0.1) is 0 Å². The van der Waals surface area contributed by atoms with Gasteiger partial charge in [-0.05, 0) is 45.4 Å². The molecule has 0 aliphatic heterocycles. The van der Waals surface area contributed by atoms with Crippen LogP contribution in [-0.2, 0) is 25.2 Å². The van der Waals surface area contributed by atoms with Crippen molar-refractivity contribution >= 4 is 23.8 Å². The Labute approximate surface area is 178 Å². The third-order valence-corrected chi connectivity index (χ3v) is 4.00. The fraction of sp³-hybridized carbons (Fsp3) is 0.348. The summed E-state index contributed by atoms with van der Waals surface area (Å²) in [5.74, 6) is -3.41. The van der Waals surface area contributed by atoms with Gasteiger partial charge in [0.15, 0.2) is 5.92 Å². The van der Waals surface area contributed by atoms with Gasteiger partial charge >= 0.3 is 18.1 Å². The van der Waals surface area contributed by atoms with Gasteiger partial charge in [0, 0.05) is 11.8 Å². The quantitative estimate of drug-likeness (QED) is 0.330. The summed E-state index contributed by atoms with van der Waals surface area (Å²) in [5.41, 5.74) is -0.525. The van der Waals surface area contributed by atoms with Crippen molar-refractivity contribution in [3.05, 3.63) is 65.2 Å². The minimum Gasteiger partial charge on any atom is -0.462 e. The number of benzene rings is 2. The van der Waals surface area contributed by atoms with E-state index in [-0.39, 0.29) is 11.3 Å². The fourth-order valence-electron chi connectivity index (χ4n) is 2.71. The minimum absolute atomic E-state index is 0.0310. The smallest absolute Gasteiger partial charge is 0.416 e. The van der Waals surface area contributed by atoms with Crippen molar-refractivity contribution in [1.82, 2.24) is 0 Å². The molecule has 2 aromatic carbocycles. The van der Waals surface area contributed by atoms with Crippen molar-refractivity contribution in [3.8, 4) is 0 Å². The summed E-state index contributed by atoms with van der Waals surface area (Å²) in [6, 6.07) is 11.4. The van der Waals surface area contributed by atoms with Crippen molar-refractivity contribution in [2.45, 2.75) is 52.0 Å². The number of alkyl halides is 3. The van der Waals surface area contributed by atoms with E-state index in [0.717, 1.165) is 18.2 Å². The van der Waals surface area contributed by atoms with Crippen LogP contribution < -0.4 is 0 Å². The third kappa shape index (κ3) is 6.94. The number of hydrogen-bond acceptors (Lipinski definition) is 5. The molecule has 2 rings (SSSR count). The molecule has 0 saturated heterocycles. The zero-order valence-electron chi connectivity index (χ0n) is 17.6. The van der Waals surface area contributed by atoms with Gasteiger partial charge in [0.05, 0.1) is 23.5 Å². The molecule has 0 saturated carbocycles. The van der Waals surface area contributed by atoms with Crippen LogP contribution in [0.1, 0.15) is 50.3 Å². The van der Waals surface area contributed by atoms with E-state index in [1.54, 1.807) is 58.0 Å². The van der Waals surface area contributed by atoms with E-state index in [1.807, 2.05) is 0 Å². The summed E-state index contributed by atoms with van der Waals surface area (Å²) in [5, 5.41) is 0. The lowest BCUT2D eigenvalue weighted by Crippen LogP contribution is -2.29. The van der Waals surface area contributed by atoms with Crippen molar-refractivity contribution in [2.24, 2.45) is 4.99 Å². The second kappa shape index (κ2) is 10.2. The van der Waals surface area contributed by atoms with Gasteiger partial charge in [-0.25, -0.2) is 0 Å². The maximum Gasteiger partial charge on any atom is 0.416 e. The number of esters is 2. The van der Waals surface area contributed by atoms with Crippen LogP contribution in [0.3, 0.4) is 0 Å². The SMILES string of the molecule is CC(C)OC(=O)C(C(=O)OC(C)C)c1ccc(C(F)(F)F)cc1N=Cc1ccccc1. The predicted molar refractivity (Wildman–Crippen MR) is 110 cm³/mol. The molecular formula is C23H24F3NO4. The van der Waals surface area contributed by atoms with Crippen LogP contribution in [0.15, 0.2) is 53.5 Å². The maximum atomic E-state index is 13.3. The minimum atomic E-state index is -4.62. The zero-order chi connectivity index (χ0) is 23.2. The van der Waals surface area contributed by atoms with Crippen LogP contribution in [0.25, 0.3) is 0 Å². The zero-order valence-corrected chi connectivity index (χ0v) is 17.6. The standard InChI is InChI=1S/C23H24F3NO4/c1-14(2)30-21(28)20(22(29)31-15(3)4)18-11-10-17(23(24,25)26)12-19(18)27-13-16-8-6-5-7-9-16/h5-15,20H,1-4H3. The average molecular weight is 435 g/mol. The second-order valence-corrected chi connectivity index (χ2v) is 7.34. The molecule has 5 nitrogen and oxygen atoms in total. The Balaban J connectivity index is 2.60. The Morgan fingerprint density at radius 1 is 0.903 bits per heavy atom. The highest BCUT2D eigenvalue weighted by molar-refractivity contribution is 6.02. The van der Waals surface area contributed by atoms with Gasteiger partial charge in [0.25, 0.3) is 0 Å². The highest BCUT2D eigenvalue weighted by atomic mass is 19.4. The number of halogens is 3. The lowest BCUT2D eigenvalue weighted by molar-refractivity contribution is -0.161. The van der Waals surface area contributed by atoms with Crippen LogP contribution in [0.2, 0.25) is 0 Å². The second-order valence-electron chi connectivity index (χ2n) is 7.34. The molecule has 0 spiro atoms. The van der Waals surface area contributed by atoms with E-state index in [2.05, 4.69) is 4.99 Å². The maximum absolute atomic E-state index is 13.3. The number of rotatable bonds is 7. The van der Waals surface area contributed by atoms with Gasteiger partial charge in [0.1, 0.15) is 0 Å². The molecule has 0 heterocycles. The van der Waals surface area contributed by atoms with E-state index in [4.69, 9.17) is 9.47 Å². The van der Waals surface area contributed by atoms with Crippen molar-refractivity contribution in [1.29, 1.82) is 0 Å². The topological polar surface area (TPSA) is 65.0 Å². The summed E-state index contributed by atoms with van der Waals surface area (Å²) in [6.45, 7) is 6.40.